The molecule has 2 aliphatic heterocycles. The Morgan fingerprint density at radius 3 is 2.23 bits per heavy atom. The van der Waals surface area contributed by atoms with Gasteiger partial charge in [0.2, 0.25) is 0 Å². The Morgan fingerprint density at radius 2 is 1.62 bits per heavy atom. The molecule has 0 N–H and O–H groups in total. The van der Waals surface area contributed by atoms with Crippen LogP contribution in [-0.4, -0.2) is 60.3 Å². The van der Waals surface area contributed by atoms with Gasteiger partial charge in [-0.1, -0.05) is 0 Å². The Morgan fingerprint density at radius 1 is 1.00 bits per heavy atom. The predicted molar refractivity (Wildman–Crippen MR) is 60.8 cm³/mol. The summed E-state index contributed by atoms with van der Waals surface area (Å²) in [5.74, 6) is 5.33. The molecule has 0 spiro atoms. The van der Waals surface area contributed by atoms with Crippen LogP contribution >= 0.6 is 23.5 Å². The van der Waals surface area contributed by atoms with Crippen LogP contribution in [-0.2, 0) is 4.74 Å². The van der Waals surface area contributed by atoms with Crippen molar-refractivity contribution in [1.82, 2.24) is 4.90 Å². The van der Waals surface area contributed by atoms with Crippen molar-refractivity contribution in [3.8, 4) is 0 Å². The van der Waals surface area contributed by atoms with Gasteiger partial charge in [-0.3, -0.25) is 4.90 Å². The molecule has 0 atom stereocenters. The summed E-state index contributed by atoms with van der Waals surface area (Å²) < 4.78 is 5.37. The van der Waals surface area contributed by atoms with Crippen molar-refractivity contribution < 1.29 is 4.74 Å². The number of morpholine rings is 1. The van der Waals surface area contributed by atoms with E-state index in [-0.39, 0.29) is 0 Å². The average molecular weight is 219 g/mol. The monoisotopic (exact) mass is 219 g/mol. The molecule has 0 saturated carbocycles. The number of nitrogens with zero attached hydrogens (tertiary/aromatic N) is 1. The van der Waals surface area contributed by atoms with E-state index in [4.69, 9.17) is 4.74 Å². The molecule has 0 bridgehead atoms. The lowest BCUT2D eigenvalue weighted by Gasteiger charge is -2.33. The van der Waals surface area contributed by atoms with Crippen molar-refractivity contribution in [1.29, 1.82) is 0 Å². The van der Waals surface area contributed by atoms with Crippen LogP contribution in [0, 0.1) is 0 Å². The van der Waals surface area contributed by atoms with Crippen molar-refractivity contribution in [2.24, 2.45) is 0 Å². The third-order valence-corrected chi connectivity index (χ3v) is 5.04. The second-order valence-corrected chi connectivity index (χ2v) is 5.75. The van der Waals surface area contributed by atoms with E-state index in [1.54, 1.807) is 0 Å². The molecule has 0 radical (unpaired) electrons. The average Bonchev–Trinajstić information content (AvgIpc) is 2.47. The van der Waals surface area contributed by atoms with Gasteiger partial charge < -0.3 is 4.74 Å². The minimum atomic E-state index is 0.807. The Balaban J connectivity index is 1.82. The summed E-state index contributed by atoms with van der Waals surface area (Å²) in [6.07, 6.45) is 0. The number of ether oxygens (including phenoxy) is 1. The fourth-order valence-electron chi connectivity index (χ4n) is 1.76. The maximum Gasteiger partial charge on any atom is 0.0594 e. The molecule has 13 heavy (non-hydrogen) atoms. The summed E-state index contributed by atoms with van der Waals surface area (Å²) >= 11 is 4.23. The first kappa shape index (κ1) is 10.1. The summed E-state index contributed by atoms with van der Waals surface area (Å²) in [4.78, 5) is 2.61. The van der Waals surface area contributed by atoms with Crippen molar-refractivity contribution in [3.05, 3.63) is 0 Å². The lowest BCUT2D eigenvalue weighted by atomic mass is 10.3. The minimum absolute atomic E-state index is 0.807. The molecular formula is C9H17NOS2. The highest BCUT2D eigenvalue weighted by atomic mass is 32.2. The molecule has 2 saturated heterocycles. The second-order valence-electron chi connectivity index (χ2n) is 3.45. The molecule has 0 aromatic rings. The maximum absolute atomic E-state index is 5.37. The Bertz CT molecular complexity index is 143. The fourth-order valence-corrected chi connectivity index (χ4v) is 4.38. The largest absolute Gasteiger partial charge is 0.379 e. The van der Waals surface area contributed by atoms with E-state index in [1.165, 1.54) is 23.0 Å². The molecule has 2 nitrogen and oxygen atoms in total. The van der Waals surface area contributed by atoms with Gasteiger partial charge in [-0.25, -0.2) is 0 Å². The van der Waals surface area contributed by atoms with E-state index >= 15 is 0 Å². The lowest BCUT2D eigenvalue weighted by molar-refractivity contribution is 0.0255. The smallest absolute Gasteiger partial charge is 0.0594 e. The van der Waals surface area contributed by atoms with E-state index in [0.29, 0.717) is 0 Å². The van der Waals surface area contributed by atoms with Crippen LogP contribution in [0.2, 0.25) is 0 Å². The first-order valence-electron chi connectivity index (χ1n) is 4.94. The Hall–Kier alpha value is 0.620. The van der Waals surface area contributed by atoms with Gasteiger partial charge in [0.1, 0.15) is 0 Å². The molecule has 4 heteroatoms. The van der Waals surface area contributed by atoms with E-state index in [1.807, 2.05) is 0 Å². The highest BCUT2D eigenvalue weighted by molar-refractivity contribution is 8.03. The van der Waals surface area contributed by atoms with Crippen LogP contribution in [0.15, 0.2) is 0 Å². The third-order valence-electron chi connectivity index (χ3n) is 2.55. The molecule has 0 aromatic heterocycles. The number of hydrogen-bond acceptors (Lipinski definition) is 4. The predicted octanol–water partition coefficient (Wildman–Crippen LogP) is 1.17. The van der Waals surface area contributed by atoms with Crippen LogP contribution in [0.25, 0.3) is 0 Å². The first-order valence-corrected chi connectivity index (χ1v) is 7.25. The second kappa shape index (κ2) is 5.49. The summed E-state index contributed by atoms with van der Waals surface area (Å²) in [5.41, 5.74) is 0. The van der Waals surface area contributed by atoms with Crippen LogP contribution in [0.5, 0.6) is 0 Å². The number of hydrogen-bond donors (Lipinski definition) is 0. The van der Waals surface area contributed by atoms with Gasteiger partial charge in [0.25, 0.3) is 0 Å². The highest BCUT2D eigenvalue weighted by Crippen LogP contribution is 2.20. The molecule has 2 rings (SSSR count). The summed E-state index contributed by atoms with van der Waals surface area (Å²) in [5, 5.41) is 0. The van der Waals surface area contributed by atoms with Gasteiger partial charge in [0, 0.05) is 42.1 Å². The topological polar surface area (TPSA) is 12.5 Å². The Labute approximate surface area is 88.8 Å². The zero-order valence-electron chi connectivity index (χ0n) is 7.91. The summed E-state index contributed by atoms with van der Waals surface area (Å²) in [7, 11) is 0. The zero-order valence-corrected chi connectivity index (χ0v) is 9.54. The van der Waals surface area contributed by atoms with E-state index < -0.39 is 0 Å². The van der Waals surface area contributed by atoms with E-state index in [9.17, 15) is 0 Å². The van der Waals surface area contributed by atoms with Gasteiger partial charge in [0.05, 0.1) is 13.2 Å². The minimum Gasteiger partial charge on any atom is -0.379 e. The van der Waals surface area contributed by atoms with Gasteiger partial charge in [-0.2, -0.15) is 23.5 Å². The van der Waals surface area contributed by atoms with Gasteiger partial charge >= 0.3 is 0 Å². The van der Waals surface area contributed by atoms with Crippen molar-refractivity contribution in [2.75, 3.05) is 49.3 Å². The Kier molecular flexibility index (Phi) is 4.28. The molecule has 0 aromatic carbocycles. The first-order chi connectivity index (χ1) is 6.47. The van der Waals surface area contributed by atoms with Gasteiger partial charge in [-0.05, 0) is 0 Å². The quantitative estimate of drug-likeness (QED) is 0.656. The van der Waals surface area contributed by atoms with Crippen LogP contribution in [0.4, 0.5) is 0 Å². The van der Waals surface area contributed by atoms with Gasteiger partial charge in [-0.15, -0.1) is 0 Å². The molecule has 0 aliphatic carbocycles. The fraction of sp³-hybridized carbons (Fsp3) is 1.00. The van der Waals surface area contributed by atoms with E-state index in [2.05, 4.69) is 28.4 Å². The van der Waals surface area contributed by atoms with Gasteiger partial charge in [0.15, 0.2) is 0 Å². The normalized spacial score (nSPS) is 28.6. The van der Waals surface area contributed by atoms with Crippen LogP contribution in [0.3, 0.4) is 0 Å². The van der Waals surface area contributed by atoms with Crippen molar-refractivity contribution in [2.45, 2.75) is 6.04 Å². The zero-order chi connectivity index (χ0) is 8.93. The third kappa shape index (κ3) is 3.05. The SMILES string of the molecule is C1CN(C2CSCCSC2)CCO1. The molecule has 2 aliphatic rings. The number of thioether (sulfide) groups is 2. The van der Waals surface area contributed by atoms with Crippen LogP contribution in [0.1, 0.15) is 0 Å². The summed E-state index contributed by atoms with van der Waals surface area (Å²) in [6, 6.07) is 0.807. The van der Waals surface area contributed by atoms with Crippen molar-refractivity contribution >= 4 is 23.5 Å². The molecule has 0 unspecified atom stereocenters. The lowest BCUT2D eigenvalue weighted by Crippen LogP contribution is -2.45. The van der Waals surface area contributed by atoms with E-state index in [0.717, 1.165) is 32.3 Å². The number of rotatable bonds is 1. The molecule has 76 valence electrons. The highest BCUT2D eigenvalue weighted by Gasteiger charge is 2.22. The summed E-state index contributed by atoms with van der Waals surface area (Å²) in [6.45, 7) is 4.16. The molecule has 2 fully saturated rings. The molecule has 2 heterocycles. The standard InChI is InChI=1S/C9H17NOS2/c1-3-11-4-2-10(1)9-7-12-5-6-13-8-9/h9H,1-8H2. The molecular weight excluding hydrogens is 202 g/mol. The van der Waals surface area contributed by atoms with Crippen LogP contribution < -0.4 is 0 Å². The maximum atomic E-state index is 5.37. The molecule has 0 amide bonds. The van der Waals surface area contributed by atoms with Crippen molar-refractivity contribution in [3.63, 3.8) is 0 Å².